The normalized spacial score (nSPS) is 15.1. The lowest BCUT2D eigenvalue weighted by atomic mass is 9.90. The van der Waals surface area contributed by atoms with Crippen LogP contribution in [0.2, 0.25) is 0 Å². The van der Waals surface area contributed by atoms with Gasteiger partial charge in [-0.15, -0.1) is 0 Å². The SMILES string of the molecule is CNC(C)(C)C(O)c1ccc([C@H](C)N(C(=O)O)C(C)(C)C)cc1. The topological polar surface area (TPSA) is 72.8 Å². The first-order chi connectivity index (χ1) is 10.4. The van der Waals surface area contributed by atoms with Crippen LogP contribution in [0.3, 0.4) is 0 Å². The van der Waals surface area contributed by atoms with Crippen LogP contribution in [-0.4, -0.2) is 39.3 Å². The zero-order valence-electron chi connectivity index (χ0n) is 15.2. The van der Waals surface area contributed by atoms with Crippen molar-refractivity contribution in [3.63, 3.8) is 0 Å². The summed E-state index contributed by atoms with van der Waals surface area (Å²) >= 11 is 0. The molecule has 0 bridgehead atoms. The predicted molar refractivity (Wildman–Crippen MR) is 92.6 cm³/mol. The zero-order valence-corrected chi connectivity index (χ0v) is 15.2. The van der Waals surface area contributed by atoms with E-state index >= 15 is 0 Å². The van der Waals surface area contributed by atoms with E-state index in [-0.39, 0.29) is 6.04 Å². The van der Waals surface area contributed by atoms with Gasteiger partial charge in [-0.1, -0.05) is 24.3 Å². The van der Waals surface area contributed by atoms with Gasteiger partial charge in [-0.3, -0.25) is 4.90 Å². The summed E-state index contributed by atoms with van der Waals surface area (Å²) in [6, 6.07) is 7.22. The largest absolute Gasteiger partial charge is 0.465 e. The van der Waals surface area contributed by atoms with Gasteiger partial charge in [0.05, 0.1) is 12.1 Å². The van der Waals surface area contributed by atoms with E-state index in [0.717, 1.165) is 11.1 Å². The van der Waals surface area contributed by atoms with Crippen molar-refractivity contribution >= 4 is 6.09 Å². The molecule has 130 valence electrons. The molecule has 23 heavy (non-hydrogen) atoms. The Morgan fingerprint density at radius 2 is 1.52 bits per heavy atom. The third kappa shape index (κ3) is 4.45. The Bertz CT molecular complexity index is 532. The van der Waals surface area contributed by atoms with Crippen LogP contribution < -0.4 is 5.32 Å². The first-order valence-electron chi connectivity index (χ1n) is 7.91. The number of benzene rings is 1. The maximum absolute atomic E-state index is 11.6. The molecule has 0 heterocycles. The first-order valence-corrected chi connectivity index (χ1v) is 7.91. The monoisotopic (exact) mass is 322 g/mol. The molecule has 2 atom stereocenters. The molecule has 0 saturated carbocycles. The van der Waals surface area contributed by atoms with Gasteiger partial charge < -0.3 is 15.5 Å². The molecule has 1 aromatic rings. The maximum atomic E-state index is 11.6. The fraction of sp³-hybridized carbons (Fsp3) is 0.611. The average molecular weight is 322 g/mol. The number of rotatable bonds is 5. The number of carboxylic acid groups (broad SMARTS) is 1. The van der Waals surface area contributed by atoms with Crippen LogP contribution in [0.1, 0.15) is 64.8 Å². The summed E-state index contributed by atoms with van der Waals surface area (Å²) < 4.78 is 0. The number of carbonyl (C=O) groups is 1. The van der Waals surface area contributed by atoms with E-state index in [2.05, 4.69) is 5.32 Å². The minimum absolute atomic E-state index is 0.268. The van der Waals surface area contributed by atoms with Gasteiger partial charge in [-0.2, -0.15) is 0 Å². The van der Waals surface area contributed by atoms with Crippen LogP contribution >= 0.6 is 0 Å². The van der Waals surface area contributed by atoms with Crippen LogP contribution in [0.25, 0.3) is 0 Å². The minimum Gasteiger partial charge on any atom is -0.465 e. The van der Waals surface area contributed by atoms with Gasteiger partial charge in [-0.25, -0.2) is 4.79 Å². The average Bonchev–Trinajstić information content (AvgIpc) is 2.44. The lowest BCUT2D eigenvalue weighted by Crippen LogP contribution is -2.46. The quantitative estimate of drug-likeness (QED) is 0.775. The molecule has 0 aliphatic carbocycles. The highest BCUT2D eigenvalue weighted by molar-refractivity contribution is 5.66. The lowest BCUT2D eigenvalue weighted by molar-refractivity contribution is 0.0749. The van der Waals surface area contributed by atoms with Crippen molar-refractivity contribution in [1.29, 1.82) is 0 Å². The van der Waals surface area contributed by atoms with Crippen molar-refractivity contribution < 1.29 is 15.0 Å². The molecule has 0 spiro atoms. The van der Waals surface area contributed by atoms with Gasteiger partial charge in [0, 0.05) is 11.1 Å². The molecule has 0 aliphatic rings. The molecule has 5 heteroatoms. The molecule has 5 nitrogen and oxygen atoms in total. The minimum atomic E-state index is -0.939. The van der Waals surface area contributed by atoms with E-state index in [1.54, 1.807) is 0 Å². The zero-order chi connectivity index (χ0) is 18.0. The molecular weight excluding hydrogens is 292 g/mol. The van der Waals surface area contributed by atoms with Crippen molar-refractivity contribution in [3.8, 4) is 0 Å². The van der Waals surface area contributed by atoms with E-state index in [1.165, 1.54) is 4.90 Å². The van der Waals surface area contributed by atoms with Crippen molar-refractivity contribution in [2.75, 3.05) is 7.05 Å². The number of aliphatic hydroxyl groups excluding tert-OH is 1. The van der Waals surface area contributed by atoms with Crippen molar-refractivity contribution in [3.05, 3.63) is 35.4 Å². The second kappa shape index (κ2) is 6.89. The second-order valence-electron chi connectivity index (χ2n) is 7.54. The number of aliphatic hydroxyl groups is 1. The summed E-state index contributed by atoms with van der Waals surface area (Å²) in [5.74, 6) is 0. The third-order valence-corrected chi connectivity index (χ3v) is 4.38. The number of nitrogens with zero attached hydrogens (tertiary/aromatic N) is 1. The highest BCUT2D eigenvalue weighted by Crippen LogP contribution is 2.30. The standard InChI is InChI=1S/C18H30N2O3/c1-12(20(16(22)23)17(2,3)4)13-8-10-14(11-9-13)15(21)18(5,6)19-7/h8-12,15,19,21H,1-7H3,(H,22,23)/t12-,15?/m0/s1. The van der Waals surface area contributed by atoms with E-state index in [4.69, 9.17) is 0 Å². The Balaban J connectivity index is 3.06. The fourth-order valence-corrected chi connectivity index (χ4v) is 2.69. The van der Waals surface area contributed by atoms with E-state index in [1.807, 2.05) is 72.9 Å². The molecule has 1 amide bonds. The van der Waals surface area contributed by atoms with Gasteiger partial charge in [0.1, 0.15) is 0 Å². The van der Waals surface area contributed by atoms with Crippen LogP contribution in [0.15, 0.2) is 24.3 Å². The van der Waals surface area contributed by atoms with E-state index in [9.17, 15) is 15.0 Å². The van der Waals surface area contributed by atoms with Crippen LogP contribution in [0.4, 0.5) is 4.79 Å². The maximum Gasteiger partial charge on any atom is 0.408 e. The molecule has 1 rings (SSSR count). The van der Waals surface area contributed by atoms with Gasteiger partial charge >= 0.3 is 6.09 Å². The van der Waals surface area contributed by atoms with Gasteiger partial charge in [-0.05, 0) is 59.7 Å². The van der Waals surface area contributed by atoms with Gasteiger partial charge in [0.25, 0.3) is 0 Å². The Morgan fingerprint density at radius 3 is 1.87 bits per heavy atom. The number of amides is 1. The smallest absolute Gasteiger partial charge is 0.408 e. The van der Waals surface area contributed by atoms with Crippen LogP contribution in [0, 0.1) is 0 Å². The molecule has 0 saturated heterocycles. The van der Waals surface area contributed by atoms with E-state index in [0.29, 0.717) is 0 Å². The summed E-state index contributed by atoms with van der Waals surface area (Å²) in [6.07, 6.45) is -1.58. The summed E-state index contributed by atoms with van der Waals surface area (Å²) in [6.45, 7) is 11.4. The first kappa shape index (κ1) is 19.5. The Kier molecular flexibility index (Phi) is 5.83. The highest BCUT2D eigenvalue weighted by Gasteiger charge is 2.32. The molecule has 0 radical (unpaired) electrons. The number of nitrogens with one attached hydrogen (secondary N) is 1. The summed E-state index contributed by atoms with van der Waals surface area (Å²) in [5.41, 5.74) is 0.780. The van der Waals surface area contributed by atoms with Crippen molar-refractivity contribution in [1.82, 2.24) is 10.2 Å². The number of hydrogen-bond donors (Lipinski definition) is 3. The van der Waals surface area contributed by atoms with Crippen LogP contribution in [-0.2, 0) is 0 Å². The summed E-state index contributed by atoms with van der Waals surface area (Å²) in [7, 11) is 1.81. The molecule has 0 fully saturated rings. The predicted octanol–water partition coefficient (Wildman–Crippen LogP) is 3.56. The van der Waals surface area contributed by atoms with Crippen LogP contribution in [0.5, 0.6) is 0 Å². The lowest BCUT2D eigenvalue weighted by Gasteiger charge is -2.38. The van der Waals surface area contributed by atoms with Gasteiger partial charge in [0.15, 0.2) is 0 Å². The molecule has 3 N–H and O–H groups in total. The fourth-order valence-electron chi connectivity index (χ4n) is 2.69. The highest BCUT2D eigenvalue weighted by atomic mass is 16.4. The Hall–Kier alpha value is -1.59. The third-order valence-electron chi connectivity index (χ3n) is 4.38. The number of likely N-dealkylation sites (N-methyl/N-ethyl adjacent to an activating group) is 1. The summed E-state index contributed by atoms with van der Waals surface area (Å²) in [4.78, 5) is 13.0. The van der Waals surface area contributed by atoms with E-state index < -0.39 is 23.3 Å². The number of hydrogen-bond acceptors (Lipinski definition) is 3. The van der Waals surface area contributed by atoms with Crippen molar-refractivity contribution in [2.45, 2.75) is 64.8 Å². The molecule has 1 unspecified atom stereocenters. The molecule has 1 aromatic carbocycles. The summed E-state index contributed by atoms with van der Waals surface area (Å²) in [5, 5.41) is 23.0. The Morgan fingerprint density at radius 1 is 1.09 bits per heavy atom. The molecule has 0 aromatic heterocycles. The van der Waals surface area contributed by atoms with Gasteiger partial charge in [0.2, 0.25) is 0 Å². The van der Waals surface area contributed by atoms with Crippen molar-refractivity contribution in [2.24, 2.45) is 0 Å². The molecule has 0 aliphatic heterocycles. The molecular formula is C18H30N2O3. The Labute approximate surface area is 139 Å². The second-order valence-corrected chi connectivity index (χ2v) is 7.54.